The molecule has 0 radical (unpaired) electrons. The van der Waals surface area contributed by atoms with Crippen LogP contribution in [0.15, 0.2) is 82.9 Å². The minimum atomic E-state index is -0.640. The third kappa shape index (κ3) is 5.91. The van der Waals surface area contributed by atoms with Crippen molar-refractivity contribution in [2.45, 2.75) is 32.4 Å². The lowest BCUT2D eigenvalue weighted by molar-refractivity contribution is -0.116. The zero-order valence-electron chi connectivity index (χ0n) is 22.6. The minimum absolute atomic E-state index is 0.118. The number of rotatable bonds is 11. The van der Waals surface area contributed by atoms with Crippen LogP contribution in [0.3, 0.4) is 0 Å². The van der Waals surface area contributed by atoms with E-state index in [1.165, 1.54) is 16.7 Å². The number of anilines is 1. The summed E-state index contributed by atoms with van der Waals surface area (Å²) in [6, 6.07) is 16.9. The molecule has 3 aromatic carbocycles. The molecule has 1 aliphatic rings. The molecule has 41 heavy (non-hydrogen) atoms. The van der Waals surface area contributed by atoms with Gasteiger partial charge in [-0.25, -0.2) is 4.79 Å². The fourth-order valence-corrected chi connectivity index (χ4v) is 4.68. The third-order valence-corrected chi connectivity index (χ3v) is 6.86. The summed E-state index contributed by atoms with van der Waals surface area (Å²) in [6.45, 7) is 3.60. The first kappa shape index (κ1) is 27.4. The molecule has 1 aromatic heterocycles. The van der Waals surface area contributed by atoms with Crippen molar-refractivity contribution in [3.63, 3.8) is 0 Å². The molecule has 2 heterocycles. The van der Waals surface area contributed by atoms with Gasteiger partial charge in [-0.2, -0.15) is 0 Å². The van der Waals surface area contributed by atoms with Crippen molar-refractivity contribution in [1.82, 2.24) is 9.13 Å². The van der Waals surface area contributed by atoms with E-state index in [1.807, 2.05) is 18.2 Å². The second-order valence-electron chi connectivity index (χ2n) is 9.52. The molecule has 5 rings (SSSR count). The second kappa shape index (κ2) is 12.0. The number of nitrogens with one attached hydrogen (secondary N) is 1. The van der Waals surface area contributed by atoms with Crippen LogP contribution in [-0.2, 0) is 24.3 Å². The highest BCUT2D eigenvalue weighted by Gasteiger charge is 2.18. The molecule has 1 N–H and O–H groups in total. The Bertz CT molecular complexity index is 1750. The molecule has 0 fully saturated rings. The third-order valence-electron chi connectivity index (χ3n) is 6.86. The maximum Gasteiger partial charge on any atom is 0.331 e. The van der Waals surface area contributed by atoms with Crippen LogP contribution in [0.4, 0.5) is 5.69 Å². The van der Waals surface area contributed by atoms with Gasteiger partial charge in [0.05, 0.1) is 18.0 Å². The van der Waals surface area contributed by atoms with Crippen LogP contribution in [0.5, 0.6) is 17.2 Å². The van der Waals surface area contributed by atoms with Gasteiger partial charge in [-0.15, -0.1) is 6.58 Å². The normalized spacial score (nSPS) is 11.8. The first-order valence-electron chi connectivity index (χ1n) is 13.1. The average Bonchev–Trinajstić information content (AvgIpc) is 3.46. The van der Waals surface area contributed by atoms with Gasteiger partial charge < -0.3 is 19.5 Å². The van der Waals surface area contributed by atoms with E-state index < -0.39 is 17.2 Å². The van der Waals surface area contributed by atoms with Gasteiger partial charge in [0.2, 0.25) is 12.7 Å². The molecule has 210 valence electrons. The Kier molecular flexibility index (Phi) is 8.00. The highest BCUT2D eigenvalue weighted by Crippen LogP contribution is 2.33. The van der Waals surface area contributed by atoms with Crippen LogP contribution < -0.4 is 30.8 Å². The number of carbonyl (C=O) groups excluding carboxylic acids is 2. The van der Waals surface area contributed by atoms with Crippen molar-refractivity contribution in [3.8, 4) is 17.2 Å². The highest BCUT2D eigenvalue weighted by atomic mass is 16.7. The minimum Gasteiger partial charge on any atom is -0.497 e. The van der Waals surface area contributed by atoms with E-state index in [4.69, 9.17) is 14.2 Å². The van der Waals surface area contributed by atoms with Crippen LogP contribution in [0.2, 0.25) is 0 Å². The molecule has 10 heteroatoms. The fourth-order valence-electron chi connectivity index (χ4n) is 4.68. The zero-order valence-corrected chi connectivity index (χ0v) is 22.6. The monoisotopic (exact) mass is 555 g/mol. The lowest BCUT2D eigenvalue weighted by Gasteiger charge is -2.15. The van der Waals surface area contributed by atoms with Crippen molar-refractivity contribution in [1.29, 1.82) is 0 Å². The van der Waals surface area contributed by atoms with E-state index in [0.29, 0.717) is 41.3 Å². The topological polar surface area (TPSA) is 118 Å². The van der Waals surface area contributed by atoms with E-state index >= 15 is 0 Å². The van der Waals surface area contributed by atoms with Gasteiger partial charge in [0, 0.05) is 24.2 Å². The Balaban J connectivity index is 1.44. The number of fused-ring (bicyclic) bond motifs is 2. The first-order valence-corrected chi connectivity index (χ1v) is 13.1. The number of ether oxygens (including phenoxy) is 3. The number of aromatic nitrogens is 2. The Labute approximate surface area is 235 Å². The van der Waals surface area contributed by atoms with Crippen molar-refractivity contribution in [2.24, 2.45) is 0 Å². The van der Waals surface area contributed by atoms with Gasteiger partial charge in [-0.3, -0.25) is 23.5 Å². The van der Waals surface area contributed by atoms with Crippen LogP contribution in [-0.4, -0.2) is 34.7 Å². The summed E-state index contributed by atoms with van der Waals surface area (Å²) in [5.41, 5.74) is 0.865. The number of Topliss-reactive ketones (excluding diaryl/α,β-unsaturated/α-hetero) is 1. The molecule has 0 atom stereocenters. The van der Waals surface area contributed by atoms with E-state index in [2.05, 4.69) is 11.9 Å². The van der Waals surface area contributed by atoms with Gasteiger partial charge in [0.25, 0.3) is 5.56 Å². The second-order valence-corrected chi connectivity index (χ2v) is 9.52. The lowest BCUT2D eigenvalue weighted by Crippen LogP contribution is -2.41. The predicted molar refractivity (Wildman–Crippen MR) is 154 cm³/mol. The molecule has 1 amide bonds. The van der Waals surface area contributed by atoms with Gasteiger partial charge in [-0.05, 0) is 66.9 Å². The molecular formula is C31H29N3O7. The number of nitrogens with zero attached hydrogens (tertiary/aromatic N) is 2. The molecule has 0 saturated heterocycles. The SMILES string of the molecule is C=CCCn1c(=O)c2ccc(C(=O)CCc3ccc4c(c3)OCO4)cc2n(CC(=O)Nc2ccc(OC)cc2)c1=O. The summed E-state index contributed by atoms with van der Waals surface area (Å²) in [4.78, 5) is 52.9. The molecular weight excluding hydrogens is 526 g/mol. The quantitative estimate of drug-likeness (QED) is 0.220. The number of carbonyl (C=O) groups is 2. The standard InChI is InChI=1S/C31H29N3O7/c1-3-4-15-33-30(37)24-12-7-21(26(35)13-5-20-6-14-27-28(16-20)41-19-40-27)17-25(24)34(31(33)38)18-29(36)32-22-8-10-23(39-2)11-9-22/h3,6-12,14,16-17H,1,4-5,13,15,18-19H2,2H3,(H,32,36). The average molecular weight is 556 g/mol. The molecule has 0 unspecified atom stereocenters. The number of benzene rings is 3. The maximum absolute atomic E-state index is 13.5. The van der Waals surface area contributed by atoms with Crippen LogP contribution >= 0.6 is 0 Å². The van der Waals surface area contributed by atoms with Crippen LogP contribution in [0, 0.1) is 0 Å². The number of methoxy groups -OCH3 is 1. The number of hydrogen-bond donors (Lipinski definition) is 1. The fraction of sp³-hybridized carbons (Fsp3) is 0.226. The highest BCUT2D eigenvalue weighted by molar-refractivity contribution is 5.99. The molecule has 0 aliphatic carbocycles. The first-order chi connectivity index (χ1) is 19.9. The lowest BCUT2D eigenvalue weighted by atomic mass is 10.0. The summed E-state index contributed by atoms with van der Waals surface area (Å²) in [5, 5.41) is 3.00. The number of amides is 1. The van der Waals surface area contributed by atoms with E-state index in [9.17, 15) is 19.2 Å². The molecule has 0 saturated carbocycles. The van der Waals surface area contributed by atoms with Crippen molar-refractivity contribution in [3.05, 3.63) is 105 Å². The van der Waals surface area contributed by atoms with Crippen LogP contribution in [0.25, 0.3) is 10.9 Å². The Morgan fingerprint density at radius 3 is 2.54 bits per heavy atom. The number of allylic oxidation sites excluding steroid dienone is 1. The molecule has 0 spiro atoms. The summed E-state index contributed by atoms with van der Waals surface area (Å²) >= 11 is 0. The van der Waals surface area contributed by atoms with Crippen LogP contribution in [0.1, 0.15) is 28.8 Å². The van der Waals surface area contributed by atoms with E-state index in [-0.39, 0.29) is 43.0 Å². The summed E-state index contributed by atoms with van der Waals surface area (Å²) in [5.74, 6) is 1.32. The number of hydrogen-bond acceptors (Lipinski definition) is 7. The molecule has 0 bridgehead atoms. The summed E-state index contributed by atoms with van der Waals surface area (Å²) in [7, 11) is 1.54. The zero-order chi connectivity index (χ0) is 28.9. The van der Waals surface area contributed by atoms with Crippen molar-refractivity contribution < 1.29 is 23.8 Å². The molecule has 10 nitrogen and oxygen atoms in total. The molecule has 4 aromatic rings. The Morgan fingerprint density at radius 2 is 1.78 bits per heavy atom. The summed E-state index contributed by atoms with van der Waals surface area (Å²) in [6.07, 6.45) is 2.67. The largest absolute Gasteiger partial charge is 0.497 e. The predicted octanol–water partition coefficient (Wildman–Crippen LogP) is 3.93. The van der Waals surface area contributed by atoms with Crippen molar-refractivity contribution >= 4 is 28.3 Å². The van der Waals surface area contributed by atoms with Gasteiger partial charge in [0.1, 0.15) is 12.3 Å². The number of ketones is 1. The van der Waals surface area contributed by atoms with E-state index in [1.54, 1.807) is 43.5 Å². The van der Waals surface area contributed by atoms with Gasteiger partial charge in [-0.1, -0.05) is 18.2 Å². The van der Waals surface area contributed by atoms with Gasteiger partial charge >= 0.3 is 5.69 Å². The summed E-state index contributed by atoms with van der Waals surface area (Å²) < 4.78 is 18.2. The smallest absolute Gasteiger partial charge is 0.331 e. The Morgan fingerprint density at radius 1 is 1.00 bits per heavy atom. The van der Waals surface area contributed by atoms with Gasteiger partial charge in [0.15, 0.2) is 17.3 Å². The van der Waals surface area contributed by atoms with E-state index in [0.717, 1.165) is 10.1 Å². The number of aryl methyl sites for hydroxylation is 1. The Hall–Kier alpha value is -5.12. The maximum atomic E-state index is 13.5. The molecule has 1 aliphatic heterocycles. The van der Waals surface area contributed by atoms with Crippen molar-refractivity contribution in [2.75, 3.05) is 19.2 Å².